The third-order valence-electron chi connectivity index (χ3n) is 7.90. The van der Waals surface area contributed by atoms with Gasteiger partial charge < -0.3 is 14.7 Å². The van der Waals surface area contributed by atoms with Crippen molar-refractivity contribution >= 4 is 23.4 Å². The van der Waals surface area contributed by atoms with Crippen LogP contribution in [-0.2, 0) is 4.79 Å². The van der Waals surface area contributed by atoms with Gasteiger partial charge >= 0.3 is 0 Å². The smallest absolute Gasteiger partial charge is 0.254 e. The van der Waals surface area contributed by atoms with Crippen LogP contribution in [0.15, 0.2) is 42.7 Å². The van der Waals surface area contributed by atoms with Crippen LogP contribution in [-0.4, -0.2) is 79.5 Å². The Balaban J connectivity index is 1.20. The minimum atomic E-state index is -0.368. The molecule has 0 N–H and O–H groups in total. The maximum atomic E-state index is 13.8. The molecule has 4 heterocycles. The van der Waals surface area contributed by atoms with Gasteiger partial charge in [-0.3, -0.25) is 9.59 Å². The largest absolute Gasteiger partial charge is 0.353 e. The lowest BCUT2D eigenvalue weighted by molar-refractivity contribution is -0.136. The molecule has 6 rings (SSSR count). The zero-order chi connectivity index (χ0) is 23.9. The van der Waals surface area contributed by atoms with Gasteiger partial charge in [-0.05, 0) is 44.2 Å². The Bertz CT molecular complexity index is 1230. The van der Waals surface area contributed by atoms with E-state index in [9.17, 15) is 9.59 Å². The summed E-state index contributed by atoms with van der Waals surface area (Å²) in [4.78, 5) is 42.2. The molecule has 0 spiro atoms. The molecule has 0 radical (unpaired) electrons. The third kappa shape index (κ3) is 3.92. The molecule has 3 atom stereocenters. The maximum Gasteiger partial charge on any atom is 0.254 e. The standard InChI is InChI=1S/C26H31N7O2/c1-18-15-23(33-26(29-18)27-17-28-33)30-11-13-31(14-12-30)25(35)22-16-20-9-5-6-10-21(20)32(22)24(34)19-7-3-2-4-8-19/h2-4,7-8,15,17,20-22H,5-6,9-14,16H2,1H3. The predicted molar refractivity (Wildman–Crippen MR) is 131 cm³/mol. The number of likely N-dealkylation sites (tertiary alicyclic amines) is 1. The molecule has 3 aliphatic rings. The topological polar surface area (TPSA) is 86.9 Å². The van der Waals surface area contributed by atoms with Gasteiger partial charge in [-0.2, -0.15) is 14.6 Å². The molecular weight excluding hydrogens is 442 g/mol. The molecule has 9 heteroatoms. The van der Waals surface area contributed by atoms with E-state index in [-0.39, 0.29) is 23.9 Å². The van der Waals surface area contributed by atoms with Gasteiger partial charge in [-0.15, -0.1) is 0 Å². The third-order valence-corrected chi connectivity index (χ3v) is 7.90. The zero-order valence-corrected chi connectivity index (χ0v) is 20.1. The van der Waals surface area contributed by atoms with Crippen LogP contribution in [0.2, 0.25) is 0 Å². The van der Waals surface area contributed by atoms with Crippen molar-refractivity contribution in [1.82, 2.24) is 29.4 Å². The highest BCUT2D eigenvalue weighted by molar-refractivity contribution is 5.98. The highest BCUT2D eigenvalue weighted by Gasteiger charge is 2.48. The molecule has 182 valence electrons. The van der Waals surface area contributed by atoms with Gasteiger partial charge in [0.25, 0.3) is 11.7 Å². The highest BCUT2D eigenvalue weighted by Crippen LogP contribution is 2.41. The van der Waals surface area contributed by atoms with Crippen molar-refractivity contribution in [3.05, 3.63) is 54.0 Å². The van der Waals surface area contributed by atoms with Crippen LogP contribution in [0.25, 0.3) is 5.78 Å². The number of amides is 2. The van der Waals surface area contributed by atoms with E-state index in [1.54, 1.807) is 4.52 Å². The van der Waals surface area contributed by atoms with Crippen LogP contribution in [0.3, 0.4) is 0 Å². The Labute approximate surface area is 204 Å². The fraction of sp³-hybridized carbons (Fsp3) is 0.500. The first-order valence-electron chi connectivity index (χ1n) is 12.7. The van der Waals surface area contributed by atoms with Gasteiger partial charge in [0.15, 0.2) is 0 Å². The molecule has 3 aromatic rings. The second-order valence-corrected chi connectivity index (χ2v) is 9.98. The van der Waals surface area contributed by atoms with Crippen molar-refractivity contribution in [2.45, 2.75) is 51.1 Å². The number of aromatic nitrogens is 4. The van der Waals surface area contributed by atoms with Crippen molar-refractivity contribution in [2.24, 2.45) is 5.92 Å². The van der Waals surface area contributed by atoms with Gasteiger partial charge in [-0.25, -0.2) is 4.98 Å². The van der Waals surface area contributed by atoms with Crippen molar-refractivity contribution in [3.8, 4) is 0 Å². The summed E-state index contributed by atoms with van der Waals surface area (Å²) in [6.07, 6.45) is 6.72. The maximum absolute atomic E-state index is 13.8. The fourth-order valence-corrected chi connectivity index (χ4v) is 6.21. The van der Waals surface area contributed by atoms with Crippen LogP contribution in [0.1, 0.15) is 48.2 Å². The van der Waals surface area contributed by atoms with Crippen LogP contribution in [0, 0.1) is 12.8 Å². The average Bonchev–Trinajstić information content (AvgIpc) is 3.52. The number of carbonyl (C=O) groups excluding carboxylic acids is 2. The molecule has 35 heavy (non-hydrogen) atoms. The summed E-state index contributed by atoms with van der Waals surface area (Å²) in [5.41, 5.74) is 1.56. The van der Waals surface area contributed by atoms with Crippen LogP contribution in [0.4, 0.5) is 5.82 Å². The predicted octanol–water partition coefficient (Wildman–Crippen LogP) is 2.55. The van der Waals surface area contributed by atoms with Gasteiger partial charge in [0.1, 0.15) is 18.2 Å². The van der Waals surface area contributed by atoms with Crippen LogP contribution < -0.4 is 4.90 Å². The Morgan fingerprint density at radius 1 is 1.00 bits per heavy atom. The van der Waals surface area contributed by atoms with E-state index >= 15 is 0 Å². The van der Waals surface area contributed by atoms with E-state index < -0.39 is 0 Å². The Hall–Kier alpha value is -3.49. The van der Waals surface area contributed by atoms with Crippen LogP contribution in [0.5, 0.6) is 0 Å². The summed E-state index contributed by atoms with van der Waals surface area (Å²) in [5, 5.41) is 4.33. The number of piperazine rings is 1. The summed E-state index contributed by atoms with van der Waals surface area (Å²) in [5.74, 6) is 2.05. The summed E-state index contributed by atoms with van der Waals surface area (Å²) in [6.45, 7) is 4.60. The molecule has 1 aliphatic carbocycles. The number of benzene rings is 1. The first-order chi connectivity index (χ1) is 17.1. The second kappa shape index (κ2) is 8.94. The number of anilines is 1. The number of rotatable bonds is 3. The molecule has 0 bridgehead atoms. The Morgan fingerprint density at radius 3 is 2.57 bits per heavy atom. The van der Waals surface area contributed by atoms with Gasteiger partial charge in [0.2, 0.25) is 5.91 Å². The summed E-state index contributed by atoms with van der Waals surface area (Å²) >= 11 is 0. The summed E-state index contributed by atoms with van der Waals surface area (Å²) < 4.78 is 1.76. The monoisotopic (exact) mass is 473 g/mol. The summed E-state index contributed by atoms with van der Waals surface area (Å²) in [7, 11) is 0. The number of nitrogens with zero attached hydrogens (tertiary/aromatic N) is 7. The number of carbonyl (C=O) groups is 2. The molecule has 3 unspecified atom stereocenters. The normalized spacial score (nSPS) is 24.6. The molecule has 2 amide bonds. The molecule has 2 saturated heterocycles. The number of hydrogen-bond acceptors (Lipinski definition) is 6. The van der Waals surface area contributed by atoms with Gasteiger partial charge in [-0.1, -0.05) is 31.0 Å². The fourth-order valence-electron chi connectivity index (χ4n) is 6.21. The minimum Gasteiger partial charge on any atom is -0.353 e. The van der Waals surface area contributed by atoms with Gasteiger partial charge in [0, 0.05) is 49.5 Å². The Kier molecular flexibility index (Phi) is 5.62. The SMILES string of the molecule is Cc1cc(N2CCN(C(=O)C3CC4CCCCC4N3C(=O)c3ccccc3)CC2)n2ncnc2n1. The van der Waals surface area contributed by atoms with E-state index in [0.29, 0.717) is 43.4 Å². The highest BCUT2D eigenvalue weighted by atomic mass is 16.2. The first-order valence-corrected chi connectivity index (χ1v) is 12.7. The Morgan fingerprint density at radius 2 is 1.77 bits per heavy atom. The molecule has 2 aliphatic heterocycles. The second-order valence-electron chi connectivity index (χ2n) is 9.98. The van der Waals surface area contributed by atoms with Gasteiger partial charge in [0.05, 0.1) is 0 Å². The lowest BCUT2D eigenvalue weighted by Gasteiger charge is -2.39. The number of fused-ring (bicyclic) bond motifs is 2. The molecule has 9 nitrogen and oxygen atoms in total. The average molecular weight is 474 g/mol. The molecule has 1 aromatic carbocycles. The quantitative estimate of drug-likeness (QED) is 0.581. The molecule has 1 saturated carbocycles. The lowest BCUT2D eigenvalue weighted by atomic mass is 9.84. The van der Waals surface area contributed by atoms with Crippen molar-refractivity contribution in [1.29, 1.82) is 0 Å². The van der Waals surface area contributed by atoms with E-state index in [4.69, 9.17) is 0 Å². The first kappa shape index (κ1) is 22.0. The molecular formula is C26H31N7O2. The van der Waals surface area contributed by atoms with Crippen molar-refractivity contribution in [3.63, 3.8) is 0 Å². The molecule has 2 aromatic heterocycles. The van der Waals surface area contributed by atoms with Crippen molar-refractivity contribution in [2.75, 3.05) is 31.1 Å². The van der Waals surface area contributed by atoms with Crippen molar-refractivity contribution < 1.29 is 9.59 Å². The summed E-state index contributed by atoms with van der Waals surface area (Å²) in [6, 6.07) is 11.3. The number of hydrogen-bond donors (Lipinski definition) is 0. The lowest BCUT2D eigenvalue weighted by Crippen LogP contribution is -2.55. The van der Waals surface area contributed by atoms with E-state index in [1.165, 1.54) is 12.7 Å². The van der Waals surface area contributed by atoms with Crippen LogP contribution >= 0.6 is 0 Å². The molecule has 3 fully saturated rings. The minimum absolute atomic E-state index is 0.00202. The number of aryl methyl sites for hydroxylation is 1. The zero-order valence-electron chi connectivity index (χ0n) is 20.1. The van der Waals surface area contributed by atoms with E-state index in [2.05, 4.69) is 20.0 Å². The van der Waals surface area contributed by atoms with E-state index in [0.717, 1.165) is 37.2 Å². The van der Waals surface area contributed by atoms with E-state index in [1.807, 2.05) is 53.1 Å².